The predicted molar refractivity (Wildman–Crippen MR) is 111 cm³/mol. The molecule has 2 aromatic carbocycles. The minimum absolute atomic E-state index is 0.0853. The van der Waals surface area contributed by atoms with E-state index < -0.39 is 0 Å². The third-order valence-electron chi connectivity index (χ3n) is 4.32. The maximum absolute atomic E-state index is 12.7. The monoisotopic (exact) mass is 415 g/mol. The molecule has 0 aromatic heterocycles. The van der Waals surface area contributed by atoms with Gasteiger partial charge in [-0.1, -0.05) is 23.7 Å². The van der Waals surface area contributed by atoms with Gasteiger partial charge in [0.15, 0.2) is 23.9 Å². The lowest BCUT2D eigenvalue weighted by molar-refractivity contribution is -0.130. The lowest BCUT2D eigenvalue weighted by atomic mass is 9.98. The van der Waals surface area contributed by atoms with E-state index >= 15 is 0 Å². The van der Waals surface area contributed by atoms with Gasteiger partial charge >= 0.3 is 0 Å². The van der Waals surface area contributed by atoms with Crippen molar-refractivity contribution in [2.75, 3.05) is 33.9 Å². The number of ketones is 1. The second-order valence-corrected chi connectivity index (χ2v) is 7.03. The number of rotatable bonds is 6. The second-order valence-electron chi connectivity index (χ2n) is 6.62. The van der Waals surface area contributed by atoms with Gasteiger partial charge in [-0.2, -0.15) is 0 Å². The summed E-state index contributed by atoms with van der Waals surface area (Å²) in [5, 5.41) is 0.291. The number of halogens is 1. The first-order valence-electron chi connectivity index (χ1n) is 9.17. The van der Waals surface area contributed by atoms with Crippen LogP contribution < -0.4 is 14.2 Å². The van der Waals surface area contributed by atoms with Gasteiger partial charge in [-0.05, 0) is 42.8 Å². The molecule has 0 saturated heterocycles. The molecule has 0 unspecified atom stereocenters. The van der Waals surface area contributed by atoms with E-state index in [0.29, 0.717) is 45.6 Å². The highest BCUT2D eigenvalue weighted by Crippen LogP contribution is 2.38. The quantitative estimate of drug-likeness (QED) is 0.670. The fraction of sp³-hybridized carbons (Fsp3) is 0.273. The third kappa shape index (κ3) is 4.71. The van der Waals surface area contributed by atoms with Gasteiger partial charge in [-0.15, -0.1) is 0 Å². The van der Waals surface area contributed by atoms with Crippen LogP contribution in [-0.2, 0) is 4.79 Å². The number of carbonyl (C=O) groups excluding carboxylic acids is 2. The zero-order valence-electron chi connectivity index (χ0n) is 16.5. The summed E-state index contributed by atoms with van der Waals surface area (Å²) in [7, 11) is 3.29. The van der Waals surface area contributed by atoms with Gasteiger partial charge in [0.2, 0.25) is 0 Å². The molecule has 0 bridgehead atoms. The number of Topliss-reactive ketones (excluding diaryl/α,β-unsaturated/α-hetero) is 1. The van der Waals surface area contributed by atoms with Gasteiger partial charge in [-0.25, -0.2) is 0 Å². The van der Waals surface area contributed by atoms with E-state index in [0.717, 1.165) is 0 Å². The number of fused-ring (bicyclic) bond motifs is 1. The van der Waals surface area contributed by atoms with Crippen LogP contribution in [-0.4, -0.2) is 50.5 Å². The number of likely N-dealkylation sites (N-methyl/N-ethyl adjacent to an activating group) is 1. The Morgan fingerprint density at radius 2 is 2.00 bits per heavy atom. The molecule has 0 radical (unpaired) electrons. The molecule has 2 aromatic rings. The molecule has 0 fully saturated rings. The molecular weight excluding hydrogens is 394 g/mol. The van der Waals surface area contributed by atoms with E-state index in [1.807, 2.05) is 13.0 Å². The van der Waals surface area contributed by atoms with E-state index in [-0.39, 0.29) is 24.9 Å². The zero-order chi connectivity index (χ0) is 21.0. The molecular formula is C22H22ClNO5. The summed E-state index contributed by atoms with van der Waals surface area (Å²) < 4.78 is 16.9. The Balaban J connectivity index is 1.90. The molecule has 0 atom stereocenters. The van der Waals surface area contributed by atoms with Crippen LogP contribution in [0.25, 0.3) is 6.08 Å². The number of amides is 1. The minimum Gasteiger partial charge on any atom is -0.490 e. The van der Waals surface area contributed by atoms with Crippen molar-refractivity contribution in [1.29, 1.82) is 0 Å². The first kappa shape index (κ1) is 20.7. The fourth-order valence-corrected chi connectivity index (χ4v) is 3.09. The highest BCUT2D eigenvalue weighted by Gasteiger charge is 2.23. The molecule has 6 nitrogen and oxygen atoms in total. The van der Waals surface area contributed by atoms with Crippen molar-refractivity contribution in [3.8, 4) is 17.2 Å². The normalized spacial score (nSPS) is 14.2. The lowest BCUT2D eigenvalue weighted by Gasteiger charge is -2.19. The molecule has 152 valence electrons. The number of ether oxygens (including phenoxy) is 3. The van der Waals surface area contributed by atoms with Crippen molar-refractivity contribution >= 4 is 29.4 Å². The number of nitrogens with zero attached hydrogens (tertiary/aromatic N) is 1. The smallest absolute Gasteiger partial charge is 0.259 e. The van der Waals surface area contributed by atoms with Crippen LogP contribution in [0.5, 0.6) is 17.2 Å². The standard InChI is InChI=1S/C22H22ClNO5/c1-4-27-19-11-14(10-17(23)22(19)29-13-20(25)24(2)3)9-15-12-28-18-8-6-5-7-16(18)21(15)26/h5-11H,4,12-13H2,1-3H3/b15-9+. The topological polar surface area (TPSA) is 65.1 Å². The maximum Gasteiger partial charge on any atom is 0.259 e. The van der Waals surface area contributed by atoms with Crippen LogP contribution in [0.3, 0.4) is 0 Å². The number of hydrogen-bond acceptors (Lipinski definition) is 5. The molecule has 0 saturated carbocycles. The summed E-state index contributed by atoms with van der Waals surface area (Å²) in [4.78, 5) is 26.0. The average Bonchev–Trinajstić information content (AvgIpc) is 2.69. The molecule has 1 aliphatic heterocycles. The third-order valence-corrected chi connectivity index (χ3v) is 4.60. The van der Waals surface area contributed by atoms with E-state index in [9.17, 15) is 9.59 Å². The molecule has 0 N–H and O–H groups in total. The Kier molecular flexibility index (Phi) is 6.44. The van der Waals surface area contributed by atoms with Crippen molar-refractivity contribution in [3.05, 3.63) is 58.1 Å². The number of carbonyl (C=O) groups is 2. The van der Waals surface area contributed by atoms with Crippen molar-refractivity contribution in [3.63, 3.8) is 0 Å². The highest BCUT2D eigenvalue weighted by molar-refractivity contribution is 6.32. The van der Waals surface area contributed by atoms with Gasteiger partial charge in [0.25, 0.3) is 5.91 Å². The second kappa shape index (κ2) is 9.01. The van der Waals surface area contributed by atoms with Crippen LogP contribution in [0.15, 0.2) is 42.0 Å². The van der Waals surface area contributed by atoms with E-state index in [2.05, 4.69) is 0 Å². The first-order chi connectivity index (χ1) is 13.9. The minimum atomic E-state index is -0.196. The van der Waals surface area contributed by atoms with Gasteiger partial charge < -0.3 is 19.1 Å². The summed E-state index contributed by atoms with van der Waals surface area (Å²) in [5.41, 5.74) is 1.72. The molecule has 1 heterocycles. The number of hydrogen-bond donors (Lipinski definition) is 0. The predicted octanol–water partition coefficient (Wildman–Crippen LogP) is 3.86. The van der Waals surface area contributed by atoms with Crippen LogP contribution in [0.4, 0.5) is 0 Å². The number of benzene rings is 2. The van der Waals surface area contributed by atoms with Crippen LogP contribution in [0.1, 0.15) is 22.8 Å². The summed E-state index contributed by atoms with van der Waals surface area (Å²) in [6.45, 7) is 2.25. The van der Waals surface area contributed by atoms with Crippen LogP contribution in [0, 0.1) is 0 Å². The van der Waals surface area contributed by atoms with E-state index in [4.69, 9.17) is 25.8 Å². The summed E-state index contributed by atoms with van der Waals surface area (Å²) in [6.07, 6.45) is 1.72. The van der Waals surface area contributed by atoms with Gasteiger partial charge in [-0.3, -0.25) is 9.59 Å². The SMILES string of the molecule is CCOc1cc(/C=C2\COc3ccccc3C2=O)cc(Cl)c1OCC(=O)N(C)C. The molecule has 1 aliphatic rings. The Labute approximate surface area is 174 Å². The van der Waals surface area contributed by atoms with E-state index in [1.165, 1.54) is 4.90 Å². The Morgan fingerprint density at radius 3 is 2.72 bits per heavy atom. The highest BCUT2D eigenvalue weighted by atomic mass is 35.5. The van der Waals surface area contributed by atoms with Crippen molar-refractivity contribution < 1.29 is 23.8 Å². The maximum atomic E-state index is 12.7. The van der Waals surface area contributed by atoms with Crippen molar-refractivity contribution in [2.45, 2.75) is 6.92 Å². The molecule has 1 amide bonds. The zero-order valence-corrected chi connectivity index (χ0v) is 17.3. The van der Waals surface area contributed by atoms with Crippen molar-refractivity contribution in [2.24, 2.45) is 0 Å². The largest absolute Gasteiger partial charge is 0.490 e. The molecule has 29 heavy (non-hydrogen) atoms. The first-order valence-corrected chi connectivity index (χ1v) is 9.55. The lowest BCUT2D eigenvalue weighted by Crippen LogP contribution is -2.27. The molecule has 7 heteroatoms. The van der Waals surface area contributed by atoms with Gasteiger partial charge in [0.1, 0.15) is 12.4 Å². The summed E-state index contributed by atoms with van der Waals surface area (Å²) in [5.74, 6) is 0.999. The summed E-state index contributed by atoms with van der Waals surface area (Å²) >= 11 is 6.39. The molecule has 0 aliphatic carbocycles. The fourth-order valence-electron chi connectivity index (χ4n) is 2.82. The average molecular weight is 416 g/mol. The van der Waals surface area contributed by atoms with Crippen LogP contribution in [0.2, 0.25) is 5.02 Å². The Morgan fingerprint density at radius 1 is 1.24 bits per heavy atom. The Bertz CT molecular complexity index is 968. The van der Waals surface area contributed by atoms with Crippen molar-refractivity contribution in [1.82, 2.24) is 4.90 Å². The van der Waals surface area contributed by atoms with Gasteiger partial charge in [0, 0.05) is 19.7 Å². The molecule has 3 rings (SSSR count). The summed E-state index contributed by atoms with van der Waals surface area (Å²) in [6, 6.07) is 10.5. The van der Waals surface area contributed by atoms with Crippen LogP contribution >= 0.6 is 11.6 Å². The molecule has 0 spiro atoms. The van der Waals surface area contributed by atoms with Gasteiger partial charge in [0.05, 0.1) is 17.2 Å². The van der Waals surface area contributed by atoms with E-state index in [1.54, 1.807) is 50.5 Å². The Hall–Kier alpha value is -2.99. The number of para-hydroxylation sites is 1.